The van der Waals surface area contributed by atoms with Gasteiger partial charge in [-0.3, -0.25) is 19.2 Å². The van der Waals surface area contributed by atoms with Crippen LogP contribution in [0.2, 0.25) is 0 Å². The first-order chi connectivity index (χ1) is 22.4. The van der Waals surface area contributed by atoms with Crippen LogP contribution >= 0.6 is 0 Å². The van der Waals surface area contributed by atoms with Crippen LogP contribution in [-0.2, 0) is 32.0 Å². The minimum Gasteiger partial charge on any atom is -0.508 e. The van der Waals surface area contributed by atoms with Gasteiger partial charge in [0.15, 0.2) is 0 Å². The van der Waals surface area contributed by atoms with E-state index in [0.717, 1.165) is 33.2 Å². The summed E-state index contributed by atoms with van der Waals surface area (Å²) in [6, 6.07) is 10.1. The van der Waals surface area contributed by atoms with Crippen molar-refractivity contribution in [3.63, 3.8) is 0 Å². The molecule has 0 unspecified atom stereocenters. The van der Waals surface area contributed by atoms with Crippen LogP contribution in [0.1, 0.15) is 46.9 Å². The number of aryl methyl sites for hydroxylation is 2. The molecule has 47 heavy (non-hydrogen) atoms. The molecule has 1 aliphatic heterocycles. The van der Waals surface area contributed by atoms with Gasteiger partial charge in [0.2, 0.25) is 23.6 Å². The maximum absolute atomic E-state index is 13.9. The quantitative estimate of drug-likeness (QED) is 0.128. The summed E-state index contributed by atoms with van der Waals surface area (Å²) in [5.41, 5.74) is 16.0. The Morgan fingerprint density at radius 1 is 1.09 bits per heavy atom. The molecule has 4 aromatic rings. The van der Waals surface area contributed by atoms with Gasteiger partial charge in [-0.1, -0.05) is 24.8 Å². The molecule has 1 saturated heterocycles. The van der Waals surface area contributed by atoms with Crippen molar-refractivity contribution in [2.75, 3.05) is 6.54 Å². The third-order valence-electron chi connectivity index (χ3n) is 8.77. The van der Waals surface area contributed by atoms with Crippen LogP contribution in [-0.4, -0.2) is 63.3 Å². The number of fused-ring (bicyclic) bond motifs is 1. The molecule has 0 bridgehead atoms. The highest BCUT2D eigenvalue weighted by atomic mass is 16.3. The van der Waals surface area contributed by atoms with Gasteiger partial charge in [-0.25, -0.2) is 0 Å². The van der Waals surface area contributed by atoms with E-state index in [1.54, 1.807) is 30.5 Å². The summed E-state index contributed by atoms with van der Waals surface area (Å²) in [6.45, 7) is 7.78. The summed E-state index contributed by atoms with van der Waals surface area (Å²) in [6.07, 6.45) is 4.51. The highest BCUT2D eigenvalue weighted by molar-refractivity contribution is 5.96. The van der Waals surface area contributed by atoms with E-state index in [-0.39, 0.29) is 35.8 Å². The molecule has 4 amide bonds. The predicted molar refractivity (Wildman–Crippen MR) is 176 cm³/mol. The number of aromatic hydroxyl groups is 1. The number of primary amides is 1. The van der Waals surface area contributed by atoms with Crippen LogP contribution in [0.25, 0.3) is 10.9 Å². The van der Waals surface area contributed by atoms with Crippen LogP contribution in [0.5, 0.6) is 5.75 Å². The standard InChI is InChI=1S/C35H40N6O6/c1-19-14-23(42)15-20(2)25(19)17-26(36)35(46)41-12-6-10-29(41)34(45)39-28(16-22-18-38-27-9-5-4-8-24(22)27)33(44)40-31(21(3)32(37)43)30-11-7-13-47-30/h4-5,7-9,11,13-15,18,26,28-29,31,38,42H,3,6,10,12,16-17,36H2,1-2H3,(H2,37,43)(H,39,45)(H,40,44)/t26-,28-,29-,31-/m0/s1. The lowest BCUT2D eigenvalue weighted by Gasteiger charge is -2.29. The molecule has 0 spiro atoms. The number of nitrogens with one attached hydrogen (secondary N) is 3. The molecule has 8 N–H and O–H groups in total. The normalized spacial score (nSPS) is 16.4. The average molecular weight is 641 g/mol. The van der Waals surface area contributed by atoms with E-state index in [9.17, 15) is 24.3 Å². The topological polar surface area (TPSA) is 197 Å². The summed E-state index contributed by atoms with van der Waals surface area (Å²) < 4.78 is 5.46. The molecule has 3 heterocycles. The second kappa shape index (κ2) is 14.0. The van der Waals surface area contributed by atoms with Gasteiger partial charge in [-0.2, -0.15) is 0 Å². The maximum Gasteiger partial charge on any atom is 0.246 e. The maximum atomic E-state index is 13.9. The number of phenolic OH excluding ortho intramolecular Hbond substituents is 1. The van der Waals surface area contributed by atoms with Crippen molar-refractivity contribution in [3.8, 4) is 5.75 Å². The highest BCUT2D eigenvalue weighted by Crippen LogP contribution is 2.26. The fourth-order valence-corrected chi connectivity index (χ4v) is 6.28. The first-order valence-corrected chi connectivity index (χ1v) is 15.5. The predicted octanol–water partition coefficient (Wildman–Crippen LogP) is 2.57. The number of nitrogens with two attached hydrogens (primary N) is 2. The lowest BCUT2D eigenvalue weighted by molar-refractivity contribution is -0.140. The molecule has 2 aromatic carbocycles. The SMILES string of the molecule is C=C(C(N)=O)[C@H](NC(=O)[C@H](Cc1c[nH]c2ccccc12)NC(=O)[C@@H]1CCCN1C(=O)[C@@H](N)Cc1c(C)cc(O)cc1C)c1ccco1. The Hall–Kier alpha value is -5.36. The third kappa shape index (κ3) is 7.23. The number of carbonyl (C=O) groups is 4. The molecule has 0 aliphatic carbocycles. The number of aromatic amines is 1. The molecule has 246 valence electrons. The monoisotopic (exact) mass is 640 g/mol. The number of amides is 4. The van der Waals surface area contributed by atoms with Gasteiger partial charge in [0.1, 0.15) is 29.6 Å². The molecule has 2 aromatic heterocycles. The number of likely N-dealkylation sites (tertiary alicyclic amines) is 1. The Bertz CT molecular complexity index is 1790. The molecular weight excluding hydrogens is 600 g/mol. The highest BCUT2D eigenvalue weighted by Gasteiger charge is 2.38. The summed E-state index contributed by atoms with van der Waals surface area (Å²) >= 11 is 0. The summed E-state index contributed by atoms with van der Waals surface area (Å²) in [5.74, 6) is -1.90. The van der Waals surface area contributed by atoms with E-state index in [0.29, 0.717) is 19.4 Å². The second-order valence-electron chi connectivity index (χ2n) is 12.0. The summed E-state index contributed by atoms with van der Waals surface area (Å²) in [7, 11) is 0. The number of rotatable bonds is 12. The van der Waals surface area contributed by atoms with Gasteiger partial charge in [0.05, 0.1) is 12.3 Å². The van der Waals surface area contributed by atoms with Crippen molar-refractivity contribution in [1.29, 1.82) is 0 Å². The first kappa shape index (κ1) is 33.0. The third-order valence-corrected chi connectivity index (χ3v) is 8.77. The van der Waals surface area contributed by atoms with Crippen LogP contribution in [0.4, 0.5) is 0 Å². The van der Waals surface area contributed by atoms with E-state index in [2.05, 4.69) is 22.2 Å². The second-order valence-corrected chi connectivity index (χ2v) is 12.0. The number of phenols is 1. The summed E-state index contributed by atoms with van der Waals surface area (Å²) in [4.78, 5) is 58.1. The zero-order chi connectivity index (χ0) is 33.8. The zero-order valence-corrected chi connectivity index (χ0v) is 26.4. The average Bonchev–Trinajstić information content (AvgIpc) is 3.82. The number of hydrogen-bond donors (Lipinski definition) is 6. The zero-order valence-electron chi connectivity index (χ0n) is 26.4. The van der Waals surface area contributed by atoms with Crippen molar-refractivity contribution in [3.05, 3.63) is 101 Å². The number of nitrogens with zero attached hydrogens (tertiary/aromatic N) is 1. The minimum atomic E-state index is -1.10. The fourth-order valence-electron chi connectivity index (χ4n) is 6.28. The molecule has 5 rings (SSSR count). The smallest absolute Gasteiger partial charge is 0.246 e. The Morgan fingerprint density at radius 3 is 2.49 bits per heavy atom. The number of benzene rings is 2. The Balaban J connectivity index is 1.37. The lowest BCUT2D eigenvalue weighted by Crippen LogP contribution is -2.56. The van der Waals surface area contributed by atoms with Gasteiger partial charge in [0, 0.05) is 35.6 Å². The number of aromatic nitrogens is 1. The summed E-state index contributed by atoms with van der Waals surface area (Å²) in [5, 5.41) is 16.4. The van der Waals surface area contributed by atoms with E-state index >= 15 is 0 Å². The van der Waals surface area contributed by atoms with Gasteiger partial charge in [-0.05, 0) is 85.7 Å². The van der Waals surface area contributed by atoms with Crippen LogP contribution in [0, 0.1) is 13.8 Å². The molecule has 0 radical (unpaired) electrons. The van der Waals surface area contributed by atoms with Gasteiger partial charge >= 0.3 is 0 Å². The van der Waals surface area contributed by atoms with Crippen molar-refractivity contribution in [1.82, 2.24) is 20.5 Å². The molecule has 4 atom stereocenters. The van der Waals surface area contributed by atoms with Crippen molar-refractivity contribution in [2.45, 2.75) is 63.7 Å². The van der Waals surface area contributed by atoms with Crippen molar-refractivity contribution in [2.24, 2.45) is 11.5 Å². The van der Waals surface area contributed by atoms with Gasteiger partial charge < -0.3 is 41.5 Å². The van der Waals surface area contributed by atoms with Crippen LogP contribution in [0.15, 0.2) is 77.6 Å². The number of carbonyl (C=O) groups excluding carboxylic acids is 4. The molecule has 1 aliphatic rings. The lowest BCUT2D eigenvalue weighted by atomic mass is 9.95. The molecule has 12 heteroatoms. The number of para-hydroxylation sites is 1. The number of hydrogen-bond acceptors (Lipinski definition) is 7. The Labute approximate surface area is 272 Å². The number of H-pyrrole nitrogens is 1. The largest absolute Gasteiger partial charge is 0.508 e. The van der Waals surface area contributed by atoms with Crippen molar-refractivity contribution < 1.29 is 28.7 Å². The van der Waals surface area contributed by atoms with Crippen molar-refractivity contribution >= 4 is 34.5 Å². The minimum absolute atomic E-state index is 0.0916. The van der Waals surface area contributed by atoms with Crippen LogP contribution < -0.4 is 22.1 Å². The Morgan fingerprint density at radius 2 is 1.81 bits per heavy atom. The van der Waals surface area contributed by atoms with Gasteiger partial charge in [0.25, 0.3) is 0 Å². The van der Waals surface area contributed by atoms with E-state index in [4.69, 9.17) is 15.9 Å². The molecule has 1 fully saturated rings. The number of furan rings is 1. The van der Waals surface area contributed by atoms with Gasteiger partial charge in [-0.15, -0.1) is 0 Å². The molecular formula is C35H40N6O6. The van der Waals surface area contributed by atoms with E-state index < -0.39 is 41.9 Å². The van der Waals surface area contributed by atoms with E-state index in [1.165, 1.54) is 11.2 Å². The van der Waals surface area contributed by atoms with E-state index in [1.807, 2.05) is 38.1 Å². The van der Waals surface area contributed by atoms with Crippen LogP contribution in [0.3, 0.4) is 0 Å². The molecule has 0 saturated carbocycles. The Kier molecular flexibility index (Phi) is 9.80. The first-order valence-electron chi connectivity index (χ1n) is 15.5. The fraction of sp³-hybridized carbons (Fsp3) is 0.314. The molecule has 12 nitrogen and oxygen atoms in total.